The number of rotatable bonds is 7. The maximum atomic E-state index is 12.6. The minimum Gasteiger partial charge on any atom is -0.490 e. The molecule has 0 saturated heterocycles. The van der Waals surface area contributed by atoms with Crippen LogP contribution in [-0.2, 0) is 17.4 Å². The molecule has 0 atom stereocenters. The quantitative estimate of drug-likeness (QED) is 0.410. The predicted octanol–water partition coefficient (Wildman–Crippen LogP) is 7.05. The van der Waals surface area contributed by atoms with E-state index in [-0.39, 0.29) is 13.0 Å². The van der Waals surface area contributed by atoms with Crippen LogP contribution in [0.5, 0.6) is 5.75 Å². The van der Waals surface area contributed by atoms with Crippen LogP contribution in [0.1, 0.15) is 22.3 Å². The lowest BCUT2D eigenvalue weighted by Crippen LogP contribution is -2.03. The molecule has 3 aromatic rings. The number of aryl methyl sites for hydroxylation is 1. The highest BCUT2D eigenvalue weighted by Gasteiger charge is 2.29. The topological polar surface area (TPSA) is 46.5 Å². The van der Waals surface area contributed by atoms with Crippen molar-refractivity contribution in [2.24, 2.45) is 0 Å². The average Bonchev–Trinajstić information content (AvgIpc) is 2.73. The lowest BCUT2D eigenvalue weighted by molar-refractivity contribution is -0.138. The second kappa shape index (κ2) is 9.92. The van der Waals surface area contributed by atoms with Gasteiger partial charge in [0.25, 0.3) is 0 Å². The number of carbonyl (C=O) groups is 1. The molecule has 0 radical (unpaired) electrons. The molecule has 3 aromatic carbocycles. The molecule has 0 bridgehead atoms. The van der Waals surface area contributed by atoms with E-state index in [1.165, 1.54) is 12.1 Å². The summed E-state index contributed by atoms with van der Waals surface area (Å²) in [6, 6.07) is 15.7. The second-order valence-electron chi connectivity index (χ2n) is 7.16. The molecule has 0 aliphatic rings. The van der Waals surface area contributed by atoms with Gasteiger partial charge in [0.1, 0.15) is 12.4 Å². The van der Waals surface area contributed by atoms with Gasteiger partial charge in [-0.2, -0.15) is 13.2 Å². The Morgan fingerprint density at radius 2 is 1.81 bits per heavy atom. The predicted molar refractivity (Wildman–Crippen MR) is 119 cm³/mol. The summed E-state index contributed by atoms with van der Waals surface area (Å²) in [5, 5.41) is 9.48. The molecule has 0 spiro atoms. The van der Waals surface area contributed by atoms with Crippen LogP contribution >= 0.6 is 11.6 Å². The Hall–Kier alpha value is -3.25. The summed E-state index contributed by atoms with van der Waals surface area (Å²) in [4.78, 5) is 11.1. The van der Waals surface area contributed by atoms with Crippen molar-refractivity contribution in [1.82, 2.24) is 0 Å². The first-order valence-electron chi connectivity index (χ1n) is 9.72. The zero-order valence-corrected chi connectivity index (χ0v) is 17.9. The molecule has 0 amide bonds. The van der Waals surface area contributed by atoms with Gasteiger partial charge >= 0.3 is 12.1 Å². The van der Waals surface area contributed by atoms with Gasteiger partial charge < -0.3 is 9.84 Å². The maximum Gasteiger partial charge on any atom is 0.416 e. The monoisotopic (exact) mass is 460 g/mol. The van der Waals surface area contributed by atoms with Crippen LogP contribution in [0.2, 0.25) is 5.02 Å². The number of hydrogen-bond donors (Lipinski definition) is 1. The third kappa shape index (κ3) is 5.92. The summed E-state index contributed by atoms with van der Waals surface area (Å²) in [6.07, 6.45) is -1.14. The van der Waals surface area contributed by atoms with Crippen LogP contribution in [0.25, 0.3) is 17.2 Å². The first-order chi connectivity index (χ1) is 15.1. The van der Waals surface area contributed by atoms with Crippen molar-refractivity contribution in [2.75, 3.05) is 6.61 Å². The van der Waals surface area contributed by atoms with Gasteiger partial charge in [0.05, 0.1) is 17.0 Å². The molecular formula is C25H20ClF3O3. The normalized spacial score (nSPS) is 11.7. The standard InChI is InChI=1S/C25H20ClF3O3/c1-16-7-10-19(15-22(30)31)24(26)23(16)18-5-2-6-21(14-18)32-13-3-4-17-8-11-20(12-9-17)25(27,28)29/h2-12,14H,13,15H2,1H3,(H,30,31)/b4-3+. The SMILES string of the molecule is Cc1ccc(CC(=O)O)c(Cl)c1-c1cccc(OC/C=C/c2ccc(C(F)(F)F)cc2)c1. The number of halogens is 4. The summed E-state index contributed by atoms with van der Waals surface area (Å²) in [5.41, 5.74) is 2.92. The number of aliphatic carboxylic acids is 1. The first kappa shape index (κ1) is 23.4. The minimum atomic E-state index is -4.36. The number of carboxylic acid groups (broad SMARTS) is 1. The van der Waals surface area contributed by atoms with Gasteiger partial charge in [-0.15, -0.1) is 0 Å². The van der Waals surface area contributed by atoms with Crippen molar-refractivity contribution in [3.8, 4) is 16.9 Å². The van der Waals surface area contributed by atoms with Gasteiger partial charge in [-0.3, -0.25) is 4.79 Å². The lowest BCUT2D eigenvalue weighted by Gasteiger charge is -2.13. The Balaban J connectivity index is 1.71. The van der Waals surface area contributed by atoms with E-state index >= 15 is 0 Å². The average molecular weight is 461 g/mol. The van der Waals surface area contributed by atoms with Gasteiger partial charge in [0, 0.05) is 5.56 Å². The molecule has 166 valence electrons. The van der Waals surface area contributed by atoms with Crippen LogP contribution in [0.3, 0.4) is 0 Å². The van der Waals surface area contributed by atoms with Crippen molar-refractivity contribution >= 4 is 23.6 Å². The molecule has 0 unspecified atom stereocenters. The lowest BCUT2D eigenvalue weighted by atomic mass is 9.96. The van der Waals surface area contributed by atoms with E-state index in [4.69, 9.17) is 21.4 Å². The molecule has 0 heterocycles. The molecule has 1 N–H and O–H groups in total. The fourth-order valence-corrected chi connectivity index (χ4v) is 3.61. The van der Waals surface area contributed by atoms with E-state index in [0.29, 0.717) is 21.9 Å². The number of hydrogen-bond acceptors (Lipinski definition) is 2. The summed E-state index contributed by atoms with van der Waals surface area (Å²) in [6.45, 7) is 2.11. The molecular weight excluding hydrogens is 441 g/mol. The van der Waals surface area contributed by atoms with Gasteiger partial charge in [0.15, 0.2) is 0 Å². The summed E-state index contributed by atoms with van der Waals surface area (Å²) in [7, 11) is 0. The van der Waals surface area contributed by atoms with Gasteiger partial charge in [-0.25, -0.2) is 0 Å². The van der Waals surface area contributed by atoms with Crippen LogP contribution in [0.15, 0.2) is 66.7 Å². The van der Waals surface area contributed by atoms with E-state index in [0.717, 1.165) is 28.8 Å². The van der Waals surface area contributed by atoms with Crippen molar-refractivity contribution in [3.05, 3.63) is 94.0 Å². The van der Waals surface area contributed by atoms with Crippen molar-refractivity contribution in [2.45, 2.75) is 19.5 Å². The fourth-order valence-electron chi connectivity index (χ4n) is 3.22. The summed E-state index contributed by atoms with van der Waals surface area (Å²) in [5.74, 6) is -0.378. The molecule has 7 heteroatoms. The van der Waals surface area contributed by atoms with E-state index < -0.39 is 17.7 Å². The molecule has 3 rings (SSSR count). The molecule has 0 aliphatic carbocycles. The van der Waals surface area contributed by atoms with E-state index in [1.54, 1.807) is 24.3 Å². The Bertz CT molecular complexity index is 1140. The zero-order valence-electron chi connectivity index (χ0n) is 17.1. The van der Waals surface area contributed by atoms with E-state index in [2.05, 4.69) is 0 Å². The largest absolute Gasteiger partial charge is 0.490 e. The Morgan fingerprint density at radius 1 is 1.09 bits per heavy atom. The highest BCUT2D eigenvalue weighted by Crippen LogP contribution is 2.35. The number of carboxylic acids is 1. The van der Waals surface area contributed by atoms with Crippen LogP contribution in [-0.4, -0.2) is 17.7 Å². The first-order valence-corrected chi connectivity index (χ1v) is 10.1. The van der Waals surface area contributed by atoms with Crippen LogP contribution in [0, 0.1) is 6.92 Å². The zero-order chi connectivity index (χ0) is 23.3. The highest BCUT2D eigenvalue weighted by atomic mass is 35.5. The van der Waals surface area contributed by atoms with Gasteiger partial charge in [-0.1, -0.05) is 54.1 Å². The molecule has 0 aromatic heterocycles. The smallest absolute Gasteiger partial charge is 0.416 e. The number of alkyl halides is 3. The molecule has 3 nitrogen and oxygen atoms in total. The Morgan fingerprint density at radius 3 is 2.47 bits per heavy atom. The van der Waals surface area contributed by atoms with E-state index in [9.17, 15) is 18.0 Å². The van der Waals surface area contributed by atoms with Crippen LogP contribution < -0.4 is 4.74 Å². The van der Waals surface area contributed by atoms with Crippen molar-refractivity contribution in [1.29, 1.82) is 0 Å². The molecule has 32 heavy (non-hydrogen) atoms. The van der Waals surface area contributed by atoms with Gasteiger partial charge in [0.2, 0.25) is 0 Å². The third-order valence-electron chi connectivity index (χ3n) is 4.79. The number of ether oxygens (including phenoxy) is 1. The van der Waals surface area contributed by atoms with Gasteiger partial charge in [-0.05, 0) is 59.5 Å². The van der Waals surface area contributed by atoms with Crippen LogP contribution in [0.4, 0.5) is 13.2 Å². The number of benzene rings is 3. The van der Waals surface area contributed by atoms with Crippen molar-refractivity contribution in [3.63, 3.8) is 0 Å². The van der Waals surface area contributed by atoms with Crippen molar-refractivity contribution < 1.29 is 27.8 Å². The van der Waals surface area contributed by atoms with E-state index in [1.807, 2.05) is 31.2 Å². The second-order valence-corrected chi connectivity index (χ2v) is 7.54. The summed E-state index contributed by atoms with van der Waals surface area (Å²) >= 11 is 6.49. The molecule has 0 fully saturated rings. The minimum absolute atomic E-state index is 0.170. The maximum absolute atomic E-state index is 12.6. The fraction of sp³-hybridized carbons (Fsp3) is 0.160. The molecule has 0 aliphatic heterocycles. The third-order valence-corrected chi connectivity index (χ3v) is 5.22. The summed E-state index contributed by atoms with van der Waals surface area (Å²) < 4.78 is 43.6. The Kier molecular flexibility index (Phi) is 7.26. The highest BCUT2D eigenvalue weighted by molar-refractivity contribution is 6.34. The Labute approximate surface area is 188 Å². The molecule has 0 saturated carbocycles.